The van der Waals surface area contributed by atoms with E-state index in [1.54, 1.807) is 4.68 Å². The highest BCUT2D eigenvalue weighted by atomic mass is 79.9. The zero-order chi connectivity index (χ0) is 15.6. The van der Waals surface area contributed by atoms with Crippen molar-refractivity contribution >= 4 is 50.7 Å². The number of halogens is 4. The highest BCUT2D eigenvalue weighted by molar-refractivity contribution is 9.10. The lowest BCUT2D eigenvalue weighted by Gasteiger charge is -2.31. The summed E-state index contributed by atoms with van der Waals surface area (Å²) in [7, 11) is 1.83. The van der Waals surface area contributed by atoms with E-state index >= 15 is 0 Å². The van der Waals surface area contributed by atoms with E-state index in [2.05, 4.69) is 27.1 Å². The van der Waals surface area contributed by atoms with Crippen molar-refractivity contribution in [3.8, 4) is 0 Å². The van der Waals surface area contributed by atoms with Gasteiger partial charge in [-0.3, -0.25) is 4.68 Å². The lowest BCUT2D eigenvalue weighted by atomic mass is 9.79. The Morgan fingerprint density at radius 1 is 1.24 bits per heavy atom. The highest BCUT2D eigenvalue weighted by Crippen LogP contribution is 2.38. The van der Waals surface area contributed by atoms with Crippen molar-refractivity contribution in [2.75, 3.05) is 11.8 Å². The summed E-state index contributed by atoms with van der Waals surface area (Å²) in [6.07, 6.45) is 0.654. The quantitative estimate of drug-likeness (QED) is 0.627. The first-order valence-corrected chi connectivity index (χ1v) is 8.74. The summed E-state index contributed by atoms with van der Waals surface area (Å²) in [6, 6.07) is 8.02. The van der Waals surface area contributed by atoms with E-state index in [-0.39, 0.29) is 5.41 Å². The molecule has 0 aliphatic heterocycles. The van der Waals surface area contributed by atoms with Gasteiger partial charge < -0.3 is 0 Å². The predicted octanol–water partition coefficient (Wildman–Crippen LogP) is 5.10. The lowest BCUT2D eigenvalue weighted by Crippen LogP contribution is -2.34. The normalized spacial score (nSPS) is 11.9. The maximum atomic E-state index is 6.36. The molecule has 2 nitrogen and oxygen atoms in total. The van der Waals surface area contributed by atoms with Crippen LogP contribution in [0.3, 0.4) is 0 Å². The number of benzene rings is 1. The Hall–Kier alpha value is -0.220. The molecule has 114 valence electrons. The van der Waals surface area contributed by atoms with Crippen LogP contribution in [-0.2, 0) is 18.9 Å². The Balaban J connectivity index is 2.51. The van der Waals surface area contributed by atoms with E-state index in [1.807, 2.05) is 32.2 Å². The summed E-state index contributed by atoms with van der Waals surface area (Å²) in [5.41, 5.74) is 2.61. The van der Waals surface area contributed by atoms with Crippen LogP contribution in [-0.4, -0.2) is 21.5 Å². The summed E-state index contributed by atoms with van der Waals surface area (Å²) in [6.45, 7) is 1.95. The molecule has 0 atom stereocenters. The Kier molecular flexibility index (Phi) is 5.64. The van der Waals surface area contributed by atoms with E-state index in [4.69, 9.17) is 34.8 Å². The summed E-state index contributed by atoms with van der Waals surface area (Å²) < 4.78 is 2.68. The zero-order valence-electron chi connectivity index (χ0n) is 11.8. The predicted molar refractivity (Wildman–Crippen MR) is 93.9 cm³/mol. The molecule has 0 N–H and O–H groups in total. The minimum Gasteiger partial charge on any atom is -0.257 e. The fourth-order valence-corrected chi connectivity index (χ4v) is 4.18. The minimum absolute atomic E-state index is 0.388. The van der Waals surface area contributed by atoms with Crippen LogP contribution < -0.4 is 0 Å². The van der Waals surface area contributed by atoms with Crippen molar-refractivity contribution in [1.29, 1.82) is 0 Å². The van der Waals surface area contributed by atoms with Crippen molar-refractivity contribution in [3.05, 3.63) is 50.7 Å². The van der Waals surface area contributed by atoms with Gasteiger partial charge in [-0.2, -0.15) is 5.10 Å². The largest absolute Gasteiger partial charge is 0.257 e. The molecule has 2 aromatic rings. The molecule has 0 amide bonds. The standard InChI is InChI=1S/C15H16BrCl3N2/c1-10-11(14(19)21(2)20-10)7-15(8-17,9-18)12-5-3-4-6-13(12)16/h3-6H,7-9H2,1-2H3. The molecule has 6 heteroatoms. The molecule has 1 aromatic heterocycles. The van der Waals surface area contributed by atoms with E-state index in [0.29, 0.717) is 23.3 Å². The fourth-order valence-electron chi connectivity index (χ4n) is 2.47. The molecule has 0 bridgehead atoms. The SMILES string of the molecule is Cc1nn(C)c(Cl)c1CC(CCl)(CCl)c1ccccc1Br. The third kappa shape index (κ3) is 3.26. The molecular weight excluding hydrogens is 394 g/mol. The van der Waals surface area contributed by atoms with Gasteiger partial charge in [-0.15, -0.1) is 23.2 Å². The van der Waals surface area contributed by atoms with Gasteiger partial charge in [0.1, 0.15) is 5.15 Å². The number of nitrogens with zero attached hydrogens (tertiary/aromatic N) is 2. The van der Waals surface area contributed by atoms with E-state index in [9.17, 15) is 0 Å². The van der Waals surface area contributed by atoms with Crippen LogP contribution in [0.4, 0.5) is 0 Å². The molecule has 0 unspecified atom stereocenters. The van der Waals surface area contributed by atoms with E-state index < -0.39 is 0 Å². The number of hydrogen-bond donors (Lipinski definition) is 0. The van der Waals surface area contributed by atoms with Gasteiger partial charge in [0, 0.05) is 34.3 Å². The molecule has 1 aromatic carbocycles. The van der Waals surface area contributed by atoms with Crippen molar-refractivity contribution in [2.45, 2.75) is 18.8 Å². The Bertz CT molecular complexity index is 636. The molecule has 0 saturated heterocycles. The van der Waals surface area contributed by atoms with Gasteiger partial charge >= 0.3 is 0 Å². The van der Waals surface area contributed by atoms with Crippen LogP contribution in [0.5, 0.6) is 0 Å². The smallest absolute Gasteiger partial charge is 0.130 e. The van der Waals surface area contributed by atoms with Crippen LogP contribution >= 0.6 is 50.7 Å². The second kappa shape index (κ2) is 6.91. The van der Waals surface area contributed by atoms with Crippen molar-refractivity contribution in [3.63, 3.8) is 0 Å². The number of aromatic nitrogens is 2. The van der Waals surface area contributed by atoms with Crippen molar-refractivity contribution in [1.82, 2.24) is 9.78 Å². The summed E-state index contributed by atoms with van der Waals surface area (Å²) >= 11 is 22.6. The third-order valence-corrected chi connectivity index (χ3v) is 5.93. The monoisotopic (exact) mass is 408 g/mol. The number of alkyl halides is 2. The molecule has 0 spiro atoms. The molecule has 2 rings (SSSR count). The first-order chi connectivity index (χ1) is 9.95. The van der Waals surface area contributed by atoms with Gasteiger partial charge in [0.2, 0.25) is 0 Å². The van der Waals surface area contributed by atoms with Crippen LogP contribution in [0.2, 0.25) is 5.15 Å². The molecule has 0 aliphatic rings. The molecule has 0 aliphatic carbocycles. The van der Waals surface area contributed by atoms with Gasteiger partial charge in [0.05, 0.1) is 5.69 Å². The molecule has 0 radical (unpaired) electrons. The summed E-state index contributed by atoms with van der Waals surface area (Å²) in [5.74, 6) is 0.813. The summed E-state index contributed by atoms with van der Waals surface area (Å²) in [5, 5.41) is 5.00. The van der Waals surface area contributed by atoms with Gasteiger partial charge in [-0.1, -0.05) is 45.7 Å². The van der Waals surface area contributed by atoms with Gasteiger partial charge in [0.15, 0.2) is 0 Å². The fraction of sp³-hybridized carbons (Fsp3) is 0.400. The second-order valence-electron chi connectivity index (χ2n) is 5.18. The minimum atomic E-state index is -0.388. The van der Waals surface area contributed by atoms with Crippen molar-refractivity contribution < 1.29 is 0 Å². The van der Waals surface area contributed by atoms with Crippen LogP contribution in [0.15, 0.2) is 28.7 Å². The van der Waals surface area contributed by atoms with Gasteiger partial charge in [-0.05, 0) is 25.0 Å². The second-order valence-corrected chi connectivity index (χ2v) is 6.93. The average molecular weight is 411 g/mol. The first-order valence-electron chi connectivity index (χ1n) is 6.50. The first kappa shape index (κ1) is 17.1. The zero-order valence-corrected chi connectivity index (χ0v) is 15.7. The Morgan fingerprint density at radius 2 is 1.86 bits per heavy atom. The summed E-state index contributed by atoms with van der Waals surface area (Å²) in [4.78, 5) is 0. The number of rotatable bonds is 5. The maximum Gasteiger partial charge on any atom is 0.130 e. The Labute approximate surface area is 148 Å². The van der Waals surface area contributed by atoms with Crippen LogP contribution in [0.25, 0.3) is 0 Å². The number of hydrogen-bond acceptors (Lipinski definition) is 1. The topological polar surface area (TPSA) is 17.8 Å². The Morgan fingerprint density at radius 3 is 2.33 bits per heavy atom. The molecule has 0 fully saturated rings. The number of aryl methyl sites for hydroxylation is 2. The molecule has 1 heterocycles. The molecular formula is C15H16BrCl3N2. The van der Waals surface area contributed by atoms with E-state index in [1.165, 1.54) is 0 Å². The van der Waals surface area contributed by atoms with Crippen molar-refractivity contribution in [2.24, 2.45) is 7.05 Å². The van der Waals surface area contributed by atoms with Crippen LogP contribution in [0.1, 0.15) is 16.8 Å². The van der Waals surface area contributed by atoms with Gasteiger partial charge in [-0.25, -0.2) is 0 Å². The average Bonchev–Trinajstić information content (AvgIpc) is 2.71. The molecule has 21 heavy (non-hydrogen) atoms. The van der Waals surface area contributed by atoms with Gasteiger partial charge in [0.25, 0.3) is 0 Å². The highest BCUT2D eigenvalue weighted by Gasteiger charge is 2.34. The third-order valence-electron chi connectivity index (χ3n) is 3.74. The lowest BCUT2D eigenvalue weighted by molar-refractivity contribution is 0.532. The van der Waals surface area contributed by atoms with Crippen LogP contribution in [0, 0.1) is 6.92 Å². The molecule has 0 saturated carbocycles. The maximum absolute atomic E-state index is 6.36. The van der Waals surface area contributed by atoms with E-state index in [0.717, 1.165) is 21.3 Å².